The highest BCUT2D eigenvalue weighted by Crippen LogP contribution is 2.31. The van der Waals surface area contributed by atoms with Gasteiger partial charge in [-0.2, -0.15) is 5.10 Å². The highest BCUT2D eigenvalue weighted by molar-refractivity contribution is 7.92. The second-order valence-electron chi connectivity index (χ2n) is 5.94. The molecule has 9 heteroatoms. The Morgan fingerprint density at radius 1 is 1.22 bits per heavy atom. The Balaban J connectivity index is 2.02. The molecule has 3 rings (SSSR count). The Morgan fingerprint density at radius 3 is 2.59 bits per heavy atom. The van der Waals surface area contributed by atoms with Gasteiger partial charge < -0.3 is 10.0 Å². The van der Waals surface area contributed by atoms with E-state index >= 15 is 0 Å². The van der Waals surface area contributed by atoms with Crippen LogP contribution in [-0.4, -0.2) is 35.9 Å². The molecule has 0 bridgehead atoms. The normalized spacial score (nSPS) is 11.1. The third kappa shape index (κ3) is 4.64. The maximum absolute atomic E-state index is 13.0. The molecule has 27 heavy (non-hydrogen) atoms. The Kier molecular flexibility index (Phi) is 5.13. The average Bonchev–Trinajstić information content (AvgIpc) is 3.16. The topological polar surface area (TPSA) is 115 Å². The van der Waals surface area contributed by atoms with Gasteiger partial charge in [-0.1, -0.05) is 30.3 Å². The predicted octanol–water partition coefficient (Wildman–Crippen LogP) is 2.33. The van der Waals surface area contributed by atoms with Crippen LogP contribution in [0.5, 0.6) is 5.75 Å². The standard InChI is InChI=1S/C18H18N4O4S/c1-27(25,26)21-16-9-15(7-8-17(16)23)22(12-13-5-3-2-4-6-13)18(24)14-10-19-20-11-14/h2-11,21,23H,12H2,1H3,(H,19,20). The zero-order valence-electron chi connectivity index (χ0n) is 14.5. The quantitative estimate of drug-likeness (QED) is 0.563. The Bertz CT molecular complexity index is 1030. The molecule has 1 heterocycles. The molecule has 3 N–H and O–H groups in total. The van der Waals surface area contributed by atoms with Gasteiger partial charge in [-0.05, 0) is 23.8 Å². The van der Waals surface area contributed by atoms with Crippen LogP contribution < -0.4 is 9.62 Å². The molecule has 0 aliphatic rings. The number of sulfonamides is 1. The maximum atomic E-state index is 13.0. The second kappa shape index (κ2) is 7.50. The first-order valence-corrected chi connectivity index (χ1v) is 9.88. The maximum Gasteiger partial charge on any atom is 0.261 e. The van der Waals surface area contributed by atoms with E-state index in [4.69, 9.17) is 0 Å². The van der Waals surface area contributed by atoms with Crippen molar-refractivity contribution in [3.05, 3.63) is 72.1 Å². The molecule has 0 aliphatic carbocycles. The molecule has 1 amide bonds. The minimum absolute atomic E-state index is 0.00643. The number of phenols is 1. The van der Waals surface area contributed by atoms with Gasteiger partial charge in [-0.25, -0.2) is 8.42 Å². The molecule has 0 spiro atoms. The summed E-state index contributed by atoms with van der Waals surface area (Å²) in [6, 6.07) is 13.7. The summed E-state index contributed by atoms with van der Waals surface area (Å²) in [5.41, 5.74) is 1.67. The number of anilines is 2. The minimum Gasteiger partial charge on any atom is -0.506 e. The van der Waals surface area contributed by atoms with Gasteiger partial charge in [0.2, 0.25) is 10.0 Å². The number of benzene rings is 2. The highest BCUT2D eigenvalue weighted by Gasteiger charge is 2.21. The first-order chi connectivity index (χ1) is 12.8. The van der Waals surface area contributed by atoms with Gasteiger partial charge in [0.15, 0.2) is 0 Å². The number of carbonyl (C=O) groups is 1. The molecule has 0 atom stereocenters. The molecule has 0 fully saturated rings. The van der Waals surface area contributed by atoms with E-state index in [0.29, 0.717) is 11.3 Å². The molecule has 0 aliphatic heterocycles. The summed E-state index contributed by atoms with van der Waals surface area (Å²) in [5.74, 6) is -0.553. The van der Waals surface area contributed by atoms with Crippen molar-refractivity contribution in [2.45, 2.75) is 6.54 Å². The van der Waals surface area contributed by atoms with Crippen LogP contribution in [0.1, 0.15) is 15.9 Å². The summed E-state index contributed by atoms with van der Waals surface area (Å²) in [5, 5.41) is 16.4. The number of nitrogens with one attached hydrogen (secondary N) is 2. The van der Waals surface area contributed by atoms with Gasteiger partial charge in [0.1, 0.15) is 5.75 Å². The number of aromatic nitrogens is 2. The van der Waals surface area contributed by atoms with Crippen LogP contribution in [0.25, 0.3) is 0 Å². The Hall–Kier alpha value is -3.33. The monoisotopic (exact) mass is 386 g/mol. The van der Waals surface area contributed by atoms with Crippen LogP contribution in [0.15, 0.2) is 60.9 Å². The first-order valence-electron chi connectivity index (χ1n) is 7.99. The number of rotatable bonds is 6. The number of carbonyl (C=O) groups excluding carboxylic acids is 1. The number of amides is 1. The highest BCUT2D eigenvalue weighted by atomic mass is 32.2. The first kappa shape index (κ1) is 18.5. The van der Waals surface area contributed by atoms with Gasteiger partial charge in [0.25, 0.3) is 5.91 Å². The van der Waals surface area contributed by atoms with Crippen molar-refractivity contribution in [1.29, 1.82) is 0 Å². The Morgan fingerprint density at radius 2 is 1.96 bits per heavy atom. The van der Waals surface area contributed by atoms with E-state index in [1.54, 1.807) is 6.07 Å². The average molecular weight is 386 g/mol. The van der Waals surface area contributed by atoms with Crippen molar-refractivity contribution < 1.29 is 18.3 Å². The molecule has 0 unspecified atom stereocenters. The number of H-pyrrole nitrogens is 1. The lowest BCUT2D eigenvalue weighted by Gasteiger charge is -2.23. The lowest BCUT2D eigenvalue weighted by atomic mass is 10.1. The minimum atomic E-state index is -3.59. The van der Waals surface area contributed by atoms with E-state index in [1.165, 1.54) is 29.4 Å². The summed E-state index contributed by atoms with van der Waals surface area (Å²) < 4.78 is 25.3. The fraction of sp³-hybridized carbons (Fsp3) is 0.111. The molecule has 140 valence electrons. The van der Waals surface area contributed by atoms with E-state index in [9.17, 15) is 18.3 Å². The molecule has 1 aromatic heterocycles. The molecule has 8 nitrogen and oxygen atoms in total. The van der Waals surface area contributed by atoms with E-state index in [2.05, 4.69) is 14.9 Å². The third-order valence-corrected chi connectivity index (χ3v) is 4.35. The molecular weight excluding hydrogens is 368 g/mol. The van der Waals surface area contributed by atoms with E-state index < -0.39 is 10.0 Å². The number of hydrogen-bond acceptors (Lipinski definition) is 5. The van der Waals surface area contributed by atoms with Crippen molar-refractivity contribution in [2.24, 2.45) is 0 Å². The largest absolute Gasteiger partial charge is 0.506 e. The van der Waals surface area contributed by atoms with Gasteiger partial charge >= 0.3 is 0 Å². The lowest BCUT2D eigenvalue weighted by Crippen LogP contribution is -2.30. The van der Waals surface area contributed by atoms with Crippen LogP contribution >= 0.6 is 0 Å². The summed E-state index contributed by atoms with van der Waals surface area (Å²) >= 11 is 0. The van der Waals surface area contributed by atoms with Crippen molar-refractivity contribution in [3.8, 4) is 5.75 Å². The molecule has 0 radical (unpaired) electrons. The number of phenolic OH excluding ortho intramolecular Hbond substituents is 1. The zero-order chi connectivity index (χ0) is 19.4. The Labute approximate surface area is 156 Å². The van der Waals surface area contributed by atoms with Crippen molar-refractivity contribution >= 4 is 27.3 Å². The van der Waals surface area contributed by atoms with Crippen LogP contribution in [0.3, 0.4) is 0 Å². The SMILES string of the molecule is CS(=O)(=O)Nc1cc(N(Cc2ccccc2)C(=O)c2cn[nH]c2)ccc1O. The van der Waals surface area contributed by atoms with Crippen LogP contribution in [0.4, 0.5) is 11.4 Å². The number of aromatic hydroxyl groups is 1. The number of aromatic amines is 1. The summed E-state index contributed by atoms with van der Waals surface area (Å²) in [6.45, 7) is 0.258. The fourth-order valence-corrected chi connectivity index (χ4v) is 3.11. The van der Waals surface area contributed by atoms with Crippen LogP contribution in [0.2, 0.25) is 0 Å². The fourth-order valence-electron chi connectivity index (χ4n) is 2.54. The molecule has 0 saturated heterocycles. The number of nitrogens with zero attached hydrogens (tertiary/aromatic N) is 2. The molecule has 2 aromatic carbocycles. The van der Waals surface area contributed by atoms with Crippen molar-refractivity contribution in [3.63, 3.8) is 0 Å². The summed E-state index contributed by atoms with van der Waals surface area (Å²) in [4.78, 5) is 14.4. The van der Waals surface area contributed by atoms with Crippen molar-refractivity contribution in [2.75, 3.05) is 15.9 Å². The molecular formula is C18H18N4O4S. The summed E-state index contributed by atoms with van der Waals surface area (Å²) in [6.07, 6.45) is 3.88. The lowest BCUT2D eigenvalue weighted by molar-refractivity contribution is 0.0985. The van der Waals surface area contributed by atoms with Gasteiger partial charge in [-0.3, -0.25) is 14.6 Å². The van der Waals surface area contributed by atoms with Gasteiger partial charge in [-0.15, -0.1) is 0 Å². The third-order valence-electron chi connectivity index (χ3n) is 3.76. The van der Waals surface area contributed by atoms with Gasteiger partial charge in [0, 0.05) is 11.9 Å². The molecule has 0 saturated carbocycles. The zero-order valence-corrected chi connectivity index (χ0v) is 15.3. The van der Waals surface area contributed by atoms with E-state index in [-0.39, 0.29) is 23.9 Å². The summed E-state index contributed by atoms with van der Waals surface area (Å²) in [7, 11) is -3.59. The smallest absolute Gasteiger partial charge is 0.261 e. The molecule has 3 aromatic rings. The van der Waals surface area contributed by atoms with Crippen molar-refractivity contribution in [1.82, 2.24) is 10.2 Å². The predicted molar refractivity (Wildman–Crippen MR) is 102 cm³/mol. The van der Waals surface area contributed by atoms with Crippen LogP contribution in [-0.2, 0) is 16.6 Å². The van der Waals surface area contributed by atoms with Crippen LogP contribution in [0, 0.1) is 0 Å². The number of hydrogen-bond donors (Lipinski definition) is 3. The van der Waals surface area contributed by atoms with E-state index in [0.717, 1.165) is 11.8 Å². The van der Waals surface area contributed by atoms with E-state index in [1.807, 2.05) is 30.3 Å². The second-order valence-corrected chi connectivity index (χ2v) is 7.69. The van der Waals surface area contributed by atoms with Gasteiger partial charge in [0.05, 0.1) is 30.2 Å².